The molecule has 2 N–H and O–H groups in total. The fraction of sp³-hybridized carbons (Fsp3) is 0.500. The number of benzene rings is 1. The highest BCUT2D eigenvalue weighted by molar-refractivity contribution is 5.82. The molecule has 0 bridgehead atoms. The summed E-state index contributed by atoms with van der Waals surface area (Å²) in [4.78, 5) is 24.3. The van der Waals surface area contributed by atoms with Crippen molar-refractivity contribution < 1.29 is 14.3 Å². The fourth-order valence-electron chi connectivity index (χ4n) is 1.92. The summed E-state index contributed by atoms with van der Waals surface area (Å²) in [7, 11) is 2.81. The van der Waals surface area contributed by atoms with E-state index in [1.54, 1.807) is 0 Å². The largest absolute Gasteiger partial charge is 0.453 e. The van der Waals surface area contributed by atoms with Gasteiger partial charge in [-0.25, -0.2) is 4.79 Å². The first-order valence-corrected chi connectivity index (χ1v) is 7.31. The maximum atomic E-state index is 11.9. The summed E-state index contributed by atoms with van der Waals surface area (Å²) in [6, 6.07) is 9.97. The van der Waals surface area contributed by atoms with Gasteiger partial charge < -0.3 is 20.3 Å². The molecule has 0 spiro atoms. The van der Waals surface area contributed by atoms with Gasteiger partial charge in [0.1, 0.15) is 6.54 Å². The number of methoxy groups -OCH3 is 1. The number of amides is 2. The highest BCUT2D eigenvalue weighted by Gasteiger charge is 2.16. The molecule has 0 saturated heterocycles. The average Bonchev–Trinajstić information content (AvgIpc) is 2.51. The normalized spacial score (nSPS) is 11.7. The van der Waals surface area contributed by atoms with Crippen LogP contribution in [0.2, 0.25) is 0 Å². The van der Waals surface area contributed by atoms with Crippen LogP contribution in [-0.4, -0.2) is 50.2 Å². The van der Waals surface area contributed by atoms with E-state index in [1.807, 2.05) is 30.3 Å². The lowest BCUT2D eigenvalue weighted by molar-refractivity contribution is -0.121. The second-order valence-electron chi connectivity index (χ2n) is 5.49. The van der Waals surface area contributed by atoms with Crippen molar-refractivity contribution in [2.24, 2.45) is 5.92 Å². The minimum absolute atomic E-state index is 0.0250. The zero-order chi connectivity index (χ0) is 16.5. The molecule has 1 rings (SSSR count). The first-order chi connectivity index (χ1) is 10.4. The third-order valence-electron chi connectivity index (χ3n) is 3.32. The van der Waals surface area contributed by atoms with E-state index >= 15 is 0 Å². The summed E-state index contributed by atoms with van der Waals surface area (Å²) in [6.07, 6.45) is -0.530. The lowest BCUT2D eigenvalue weighted by Gasteiger charge is -2.24. The number of ether oxygens (including phenoxy) is 1. The van der Waals surface area contributed by atoms with Crippen LogP contribution in [0.25, 0.3) is 0 Å². The number of hydrogen-bond acceptors (Lipinski definition) is 4. The number of likely N-dealkylation sites (N-methyl/N-ethyl adjacent to an activating group) is 1. The van der Waals surface area contributed by atoms with E-state index in [1.165, 1.54) is 19.1 Å². The number of hydrogen-bond donors (Lipinski definition) is 2. The molecule has 0 heterocycles. The minimum Gasteiger partial charge on any atom is -0.453 e. The highest BCUT2D eigenvalue weighted by atomic mass is 16.5. The molecule has 0 radical (unpaired) electrons. The van der Waals surface area contributed by atoms with E-state index in [2.05, 4.69) is 29.2 Å². The van der Waals surface area contributed by atoms with Gasteiger partial charge >= 0.3 is 6.09 Å². The van der Waals surface area contributed by atoms with Gasteiger partial charge in [0.2, 0.25) is 5.91 Å². The molecule has 0 aliphatic carbocycles. The molecule has 1 aromatic carbocycles. The number of nitrogens with one attached hydrogen (secondary N) is 2. The second-order valence-corrected chi connectivity index (χ2v) is 5.49. The van der Waals surface area contributed by atoms with Crippen LogP contribution < -0.4 is 10.6 Å². The molecular weight excluding hydrogens is 282 g/mol. The van der Waals surface area contributed by atoms with Gasteiger partial charge in [-0.15, -0.1) is 0 Å². The molecule has 2 amide bonds. The molecule has 6 heteroatoms. The van der Waals surface area contributed by atoms with E-state index in [0.717, 1.165) is 5.69 Å². The Labute approximate surface area is 131 Å². The van der Waals surface area contributed by atoms with Gasteiger partial charge in [-0.2, -0.15) is 0 Å². The Hall–Kier alpha value is -2.24. The van der Waals surface area contributed by atoms with Crippen LogP contribution in [0.1, 0.15) is 13.8 Å². The zero-order valence-electron chi connectivity index (χ0n) is 13.6. The molecule has 22 heavy (non-hydrogen) atoms. The minimum atomic E-state index is -0.530. The number of carbonyl (C=O) groups is 2. The van der Waals surface area contributed by atoms with Gasteiger partial charge in [0, 0.05) is 25.3 Å². The SMILES string of the molecule is COC(=O)N(C)CC(=O)NC[C@@H](Nc1ccccc1)C(C)C. The number of carbonyl (C=O) groups excluding carboxylic acids is 2. The first kappa shape index (κ1) is 17.8. The Balaban J connectivity index is 2.47. The van der Waals surface area contributed by atoms with Crippen LogP contribution in [0.3, 0.4) is 0 Å². The lowest BCUT2D eigenvalue weighted by atomic mass is 10.0. The van der Waals surface area contributed by atoms with Crippen molar-refractivity contribution >= 4 is 17.7 Å². The standard InChI is InChI=1S/C16H25N3O3/c1-12(2)14(18-13-8-6-5-7-9-13)10-17-15(20)11-19(3)16(21)22-4/h5-9,12,14,18H,10-11H2,1-4H3,(H,17,20)/t14-/m1/s1. The van der Waals surface area contributed by atoms with Crippen LogP contribution >= 0.6 is 0 Å². The van der Waals surface area contributed by atoms with Crippen molar-refractivity contribution in [3.05, 3.63) is 30.3 Å². The summed E-state index contributed by atoms with van der Waals surface area (Å²) < 4.78 is 4.55. The van der Waals surface area contributed by atoms with Gasteiger partial charge in [0.05, 0.1) is 7.11 Å². The molecule has 0 aliphatic rings. The van der Waals surface area contributed by atoms with E-state index in [0.29, 0.717) is 12.5 Å². The van der Waals surface area contributed by atoms with Gasteiger partial charge in [-0.3, -0.25) is 4.79 Å². The summed E-state index contributed by atoms with van der Waals surface area (Å²) in [5.74, 6) is 0.132. The van der Waals surface area contributed by atoms with Gasteiger partial charge in [0.25, 0.3) is 0 Å². The molecule has 0 saturated carbocycles. The number of rotatable bonds is 7. The number of anilines is 1. The van der Waals surface area contributed by atoms with Crippen LogP contribution in [0.4, 0.5) is 10.5 Å². The maximum Gasteiger partial charge on any atom is 0.409 e. The zero-order valence-corrected chi connectivity index (χ0v) is 13.6. The van der Waals surface area contributed by atoms with Crippen molar-refractivity contribution in [3.63, 3.8) is 0 Å². The van der Waals surface area contributed by atoms with Crippen molar-refractivity contribution in [1.29, 1.82) is 0 Å². The molecular formula is C16H25N3O3. The third kappa shape index (κ3) is 6.03. The molecule has 0 unspecified atom stereocenters. The average molecular weight is 307 g/mol. The van der Waals surface area contributed by atoms with E-state index in [4.69, 9.17) is 0 Å². The van der Waals surface area contributed by atoms with Crippen molar-refractivity contribution in [2.75, 3.05) is 32.6 Å². The van der Waals surface area contributed by atoms with Crippen molar-refractivity contribution in [3.8, 4) is 0 Å². The third-order valence-corrected chi connectivity index (χ3v) is 3.32. The van der Waals surface area contributed by atoms with Crippen LogP contribution in [0.15, 0.2) is 30.3 Å². The van der Waals surface area contributed by atoms with Crippen molar-refractivity contribution in [2.45, 2.75) is 19.9 Å². The highest BCUT2D eigenvalue weighted by Crippen LogP contribution is 2.11. The Morgan fingerprint density at radius 3 is 2.41 bits per heavy atom. The Morgan fingerprint density at radius 1 is 1.23 bits per heavy atom. The molecule has 1 atom stereocenters. The Kier molecular flexibility index (Phi) is 7.22. The van der Waals surface area contributed by atoms with Gasteiger partial charge in [-0.05, 0) is 18.1 Å². The van der Waals surface area contributed by atoms with Gasteiger partial charge in [-0.1, -0.05) is 32.0 Å². The van der Waals surface area contributed by atoms with Crippen LogP contribution in [0, 0.1) is 5.92 Å². The Bertz CT molecular complexity index is 477. The monoisotopic (exact) mass is 307 g/mol. The quantitative estimate of drug-likeness (QED) is 0.807. The molecule has 122 valence electrons. The molecule has 0 aliphatic heterocycles. The van der Waals surface area contributed by atoms with Gasteiger partial charge in [0.15, 0.2) is 0 Å². The molecule has 0 aromatic heterocycles. The van der Waals surface area contributed by atoms with Crippen LogP contribution in [-0.2, 0) is 9.53 Å². The number of para-hydroxylation sites is 1. The Morgan fingerprint density at radius 2 is 1.86 bits per heavy atom. The second kappa shape index (κ2) is 8.92. The maximum absolute atomic E-state index is 11.9. The molecule has 0 fully saturated rings. The van der Waals surface area contributed by atoms with E-state index in [9.17, 15) is 9.59 Å². The first-order valence-electron chi connectivity index (χ1n) is 7.31. The predicted octanol–water partition coefficient (Wildman–Crippen LogP) is 1.94. The molecule has 1 aromatic rings. The molecule has 6 nitrogen and oxygen atoms in total. The summed E-state index contributed by atoms with van der Waals surface area (Å²) in [5.41, 5.74) is 1.02. The summed E-state index contributed by atoms with van der Waals surface area (Å²) in [6.45, 7) is 4.64. The smallest absolute Gasteiger partial charge is 0.409 e. The van der Waals surface area contributed by atoms with Crippen molar-refractivity contribution in [1.82, 2.24) is 10.2 Å². The number of nitrogens with zero attached hydrogens (tertiary/aromatic N) is 1. The predicted molar refractivity (Wildman–Crippen MR) is 86.7 cm³/mol. The summed E-state index contributed by atoms with van der Waals surface area (Å²) >= 11 is 0. The van der Waals surface area contributed by atoms with Crippen LogP contribution in [0.5, 0.6) is 0 Å². The van der Waals surface area contributed by atoms with E-state index < -0.39 is 6.09 Å². The topological polar surface area (TPSA) is 70.7 Å². The fourth-order valence-corrected chi connectivity index (χ4v) is 1.92. The summed E-state index contributed by atoms with van der Waals surface area (Å²) in [5, 5.41) is 6.24. The van der Waals surface area contributed by atoms with E-state index in [-0.39, 0.29) is 18.5 Å². The lowest BCUT2D eigenvalue weighted by Crippen LogP contribution is -2.44.